The van der Waals surface area contributed by atoms with Gasteiger partial charge >= 0.3 is 0 Å². The molecule has 0 saturated carbocycles. The van der Waals surface area contributed by atoms with E-state index in [0.717, 1.165) is 48.7 Å². The van der Waals surface area contributed by atoms with E-state index in [4.69, 9.17) is 9.15 Å². The maximum Gasteiger partial charge on any atom is 0.226 e. The molecule has 128 valence electrons. The highest BCUT2D eigenvalue weighted by Gasteiger charge is 2.17. The summed E-state index contributed by atoms with van der Waals surface area (Å²) >= 11 is 0. The molecule has 0 radical (unpaired) electrons. The molecule has 4 nitrogen and oxygen atoms in total. The molecule has 0 spiro atoms. The molecule has 0 saturated heterocycles. The summed E-state index contributed by atoms with van der Waals surface area (Å²) in [5.74, 6) is 0.426. The van der Waals surface area contributed by atoms with Crippen LogP contribution in [0.3, 0.4) is 0 Å². The summed E-state index contributed by atoms with van der Waals surface area (Å²) in [6.07, 6.45) is 0.845. The Morgan fingerprint density at radius 3 is 2.68 bits per heavy atom. The lowest BCUT2D eigenvalue weighted by Crippen LogP contribution is -2.22. The molecule has 0 atom stereocenters. The Balaban J connectivity index is 1.44. The van der Waals surface area contributed by atoms with Crippen LogP contribution in [-0.2, 0) is 19.6 Å². The molecule has 1 aliphatic rings. The molecule has 1 N–H and O–H groups in total. The summed E-state index contributed by atoms with van der Waals surface area (Å²) in [4.78, 5) is 4.52. The molecule has 0 fully saturated rings. The zero-order valence-electron chi connectivity index (χ0n) is 13.4. The molecule has 1 aromatic heterocycles. The lowest BCUT2D eigenvalue weighted by Gasteiger charge is -2.08. The van der Waals surface area contributed by atoms with Crippen molar-refractivity contribution < 1.29 is 17.9 Å². The Labute approximate surface area is 143 Å². The first kappa shape index (κ1) is 15.8. The second-order valence-corrected chi connectivity index (χ2v) is 5.88. The molecule has 0 unspecified atom stereocenters. The number of aromatic nitrogens is 1. The summed E-state index contributed by atoms with van der Waals surface area (Å²) < 4.78 is 37.5. The molecule has 2 aromatic carbocycles. The summed E-state index contributed by atoms with van der Waals surface area (Å²) in [5.41, 5.74) is 2.39. The van der Waals surface area contributed by atoms with Crippen molar-refractivity contribution in [1.29, 1.82) is 0 Å². The van der Waals surface area contributed by atoms with Crippen molar-refractivity contribution in [3.8, 4) is 17.2 Å². The van der Waals surface area contributed by atoms with Crippen molar-refractivity contribution in [2.75, 3.05) is 6.54 Å². The first-order valence-electron chi connectivity index (χ1n) is 8.05. The van der Waals surface area contributed by atoms with Crippen molar-refractivity contribution in [3.05, 3.63) is 71.1 Å². The van der Waals surface area contributed by atoms with Gasteiger partial charge in [-0.05, 0) is 42.0 Å². The lowest BCUT2D eigenvalue weighted by atomic mass is 10.2. The Kier molecular flexibility index (Phi) is 4.19. The van der Waals surface area contributed by atoms with Crippen LogP contribution in [0.25, 0.3) is 11.5 Å². The molecule has 3 aromatic rings. The molecule has 0 bridgehead atoms. The predicted molar refractivity (Wildman–Crippen MR) is 88.0 cm³/mol. The maximum absolute atomic E-state index is 13.2. The summed E-state index contributed by atoms with van der Waals surface area (Å²) in [5, 5.41) is 3.26. The molecule has 4 rings (SSSR count). The first-order chi connectivity index (χ1) is 12.2. The largest absolute Gasteiger partial charge is 0.489 e. The smallest absolute Gasteiger partial charge is 0.226 e. The summed E-state index contributed by atoms with van der Waals surface area (Å²) in [7, 11) is 0. The average Bonchev–Trinajstić information content (AvgIpc) is 3.07. The van der Waals surface area contributed by atoms with E-state index in [9.17, 15) is 8.78 Å². The monoisotopic (exact) mass is 342 g/mol. The van der Waals surface area contributed by atoms with Crippen molar-refractivity contribution in [2.45, 2.75) is 19.6 Å². The zero-order valence-corrected chi connectivity index (χ0v) is 13.4. The Hall–Kier alpha value is -2.73. The minimum absolute atomic E-state index is 0.162. The molecule has 6 heteroatoms. The van der Waals surface area contributed by atoms with Crippen molar-refractivity contribution in [3.63, 3.8) is 0 Å². The number of benzene rings is 2. The standard InChI is InChI=1S/C19H16F2N2O2/c20-15-6-1-12(9-16(15)21)11-24-14-4-2-13(3-5-14)19-23-17-10-22-8-7-18(17)25-19/h1-6,9,22H,7-8,10-11H2. The number of oxazole rings is 1. The van der Waals surface area contributed by atoms with Gasteiger partial charge in [0.2, 0.25) is 5.89 Å². The fourth-order valence-corrected chi connectivity index (χ4v) is 2.74. The fraction of sp³-hybridized carbons (Fsp3) is 0.211. The average molecular weight is 342 g/mol. The second kappa shape index (κ2) is 6.64. The number of halogens is 2. The van der Waals surface area contributed by atoms with Crippen LogP contribution in [0, 0.1) is 11.6 Å². The van der Waals surface area contributed by atoms with Gasteiger partial charge in [0.15, 0.2) is 11.6 Å². The Morgan fingerprint density at radius 2 is 1.92 bits per heavy atom. The quantitative estimate of drug-likeness (QED) is 0.782. The van der Waals surface area contributed by atoms with Crippen LogP contribution in [-0.4, -0.2) is 11.5 Å². The number of nitrogens with one attached hydrogen (secondary N) is 1. The van der Waals surface area contributed by atoms with Crippen LogP contribution < -0.4 is 10.1 Å². The van der Waals surface area contributed by atoms with Gasteiger partial charge in [-0.15, -0.1) is 0 Å². The highest BCUT2D eigenvalue weighted by molar-refractivity contribution is 5.55. The molecule has 1 aliphatic heterocycles. The van der Waals surface area contributed by atoms with E-state index in [-0.39, 0.29) is 6.61 Å². The van der Waals surface area contributed by atoms with E-state index in [2.05, 4.69) is 10.3 Å². The van der Waals surface area contributed by atoms with Crippen LogP contribution in [0.2, 0.25) is 0 Å². The first-order valence-corrected chi connectivity index (χ1v) is 8.05. The van der Waals surface area contributed by atoms with Crippen LogP contribution in [0.4, 0.5) is 8.78 Å². The van der Waals surface area contributed by atoms with Gasteiger partial charge in [-0.1, -0.05) is 6.07 Å². The highest BCUT2D eigenvalue weighted by atomic mass is 19.2. The third kappa shape index (κ3) is 3.39. The summed E-state index contributed by atoms with van der Waals surface area (Å²) in [6.45, 7) is 1.79. The van der Waals surface area contributed by atoms with E-state index in [1.807, 2.05) is 12.1 Å². The number of nitrogens with zero attached hydrogens (tertiary/aromatic N) is 1. The predicted octanol–water partition coefficient (Wildman–Crippen LogP) is 3.84. The van der Waals surface area contributed by atoms with E-state index in [1.54, 1.807) is 12.1 Å². The molecular weight excluding hydrogens is 326 g/mol. The second-order valence-electron chi connectivity index (χ2n) is 5.88. The van der Waals surface area contributed by atoms with Crippen molar-refractivity contribution >= 4 is 0 Å². The number of hydrogen-bond acceptors (Lipinski definition) is 4. The third-order valence-electron chi connectivity index (χ3n) is 4.09. The van der Waals surface area contributed by atoms with Gasteiger partial charge in [0.1, 0.15) is 18.1 Å². The van der Waals surface area contributed by atoms with Crippen molar-refractivity contribution in [2.24, 2.45) is 0 Å². The molecule has 25 heavy (non-hydrogen) atoms. The maximum atomic E-state index is 13.2. The van der Waals surface area contributed by atoms with E-state index >= 15 is 0 Å². The SMILES string of the molecule is Fc1ccc(COc2ccc(-c3nc4c(o3)CCNC4)cc2)cc1F. The number of ether oxygens (including phenoxy) is 1. The van der Waals surface area contributed by atoms with Gasteiger partial charge in [-0.2, -0.15) is 0 Å². The molecule has 0 amide bonds. The molecule has 0 aliphatic carbocycles. The van der Waals surface area contributed by atoms with E-state index in [1.165, 1.54) is 6.07 Å². The normalized spacial score (nSPS) is 13.5. The van der Waals surface area contributed by atoms with Gasteiger partial charge in [0, 0.05) is 25.1 Å². The number of hydrogen-bond donors (Lipinski definition) is 1. The third-order valence-corrected chi connectivity index (χ3v) is 4.09. The van der Waals surface area contributed by atoms with Crippen LogP contribution in [0.15, 0.2) is 46.9 Å². The summed E-state index contributed by atoms with van der Waals surface area (Å²) in [6, 6.07) is 11.1. The van der Waals surface area contributed by atoms with Gasteiger partial charge < -0.3 is 14.5 Å². The van der Waals surface area contributed by atoms with E-state index < -0.39 is 11.6 Å². The molecular formula is C19H16F2N2O2. The van der Waals surface area contributed by atoms with Crippen LogP contribution in [0.1, 0.15) is 17.0 Å². The van der Waals surface area contributed by atoms with Gasteiger partial charge in [0.25, 0.3) is 0 Å². The minimum Gasteiger partial charge on any atom is -0.489 e. The van der Waals surface area contributed by atoms with Crippen LogP contribution in [0.5, 0.6) is 5.75 Å². The molecule has 2 heterocycles. The number of fused-ring (bicyclic) bond motifs is 1. The lowest BCUT2D eigenvalue weighted by molar-refractivity contribution is 0.305. The van der Waals surface area contributed by atoms with Gasteiger partial charge in [-0.25, -0.2) is 13.8 Å². The minimum atomic E-state index is -0.876. The van der Waals surface area contributed by atoms with Gasteiger partial charge in [-0.3, -0.25) is 0 Å². The van der Waals surface area contributed by atoms with E-state index in [0.29, 0.717) is 17.2 Å². The topological polar surface area (TPSA) is 47.3 Å². The number of rotatable bonds is 4. The van der Waals surface area contributed by atoms with Crippen molar-refractivity contribution in [1.82, 2.24) is 10.3 Å². The Morgan fingerprint density at radius 1 is 1.08 bits per heavy atom. The van der Waals surface area contributed by atoms with Crippen LogP contribution >= 0.6 is 0 Å². The highest BCUT2D eigenvalue weighted by Crippen LogP contribution is 2.26. The fourth-order valence-electron chi connectivity index (χ4n) is 2.74. The van der Waals surface area contributed by atoms with Gasteiger partial charge in [0.05, 0.1) is 5.69 Å². The zero-order chi connectivity index (χ0) is 17.2. The Bertz CT molecular complexity index is 867.